The van der Waals surface area contributed by atoms with Crippen LogP contribution in [0.5, 0.6) is 5.75 Å². The molecule has 3 nitrogen and oxygen atoms in total. The van der Waals surface area contributed by atoms with Crippen LogP contribution < -0.4 is 4.74 Å². The van der Waals surface area contributed by atoms with Crippen molar-refractivity contribution < 1.29 is 4.74 Å². The zero-order valence-corrected chi connectivity index (χ0v) is 16.5. The second-order valence-corrected chi connectivity index (χ2v) is 7.43. The summed E-state index contributed by atoms with van der Waals surface area (Å²) in [4.78, 5) is 4.83. The van der Waals surface area contributed by atoms with Crippen molar-refractivity contribution in [3.8, 4) is 5.75 Å². The molecule has 5 rings (SSSR count). The maximum Gasteiger partial charge on any atom is 0.148 e. The summed E-state index contributed by atoms with van der Waals surface area (Å²) in [6.45, 7) is 1.11. The minimum Gasteiger partial charge on any atom is -0.485 e. The van der Waals surface area contributed by atoms with E-state index in [1.807, 2.05) is 66.7 Å². The van der Waals surface area contributed by atoms with Gasteiger partial charge in [0.2, 0.25) is 0 Å². The number of nitrogens with zero attached hydrogens (tertiary/aromatic N) is 2. The molecule has 0 atom stereocenters. The van der Waals surface area contributed by atoms with Gasteiger partial charge in [-0.1, -0.05) is 72.3 Å². The number of para-hydroxylation sites is 2. The van der Waals surface area contributed by atoms with Crippen LogP contribution in [0.1, 0.15) is 11.4 Å². The molecule has 0 aliphatic heterocycles. The van der Waals surface area contributed by atoms with E-state index in [1.54, 1.807) is 0 Å². The minimum atomic E-state index is 0.399. The van der Waals surface area contributed by atoms with Crippen molar-refractivity contribution >= 4 is 33.4 Å². The Morgan fingerprint density at radius 2 is 1.55 bits per heavy atom. The Bertz CT molecular complexity index is 1290. The lowest BCUT2D eigenvalue weighted by molar-refractivity contribution is 0.295. The van der Waals surface area contributed by atoms with Crippen molar-refractivity contribution in [1.29, 1.82) is 0 Å². The third kappa shape index (κ3) is 3.57. The highest BCUT2D eigenvalue weighted by Crippen LogP contribution is 2.27. The predicted molar refractivity (Wildman–Crippen MR) is 119 cm³/mol. The summed E-state index contributed by atoms with van der Waals surface area (Å²) in [5.41, 5.74) is 3.24. The van der Waals surface area contributed by atoms with Crippen molar-refractivity contribution in [2.24, 2.45) is 0 Å². The maximum atomic E-state index is 6.23. The molecule has 0 amide bonds. The van der Waals surface area contributed by atoms with Gasteiger partial charge in [0.25, 0.3) is 0 Å². The van der Waals surface area contributed by atoms with Crippen LogP contribution in [0.15, 0.2) is 91.0 Å². The molecule has 0 bridgehead atoms. The van der Waals surface area contributed by atoms with E-state index in [4.69, 9.17) is 21.3 Å². The van der Waals surface area contributed by atoms with Gasteiger partial charge < -0.3 is 9.30 Å². The molecule has 0 fully saturated rings. The van der Waals surface area contributed by atoms with E-state index in [0.717, 1.165) is 33.0 Å². The summed E-state index contributed by atoms with van der Waals surface area (Å²) < 4.78 is 8.44. The number of benzene rings is 4. The molecule has 142 valence electrons. The van der Waals surface area contributed by atoms with Gasteiger partial charge in [0.15, 0.2) is 0 Å². The first kappa shape index (κ1) is 17.8. The number of hydrogen-bond donors (Lipinski definition) is 0. The number of imidazole rings is 1. The molecule has 0 aliphatic rings. The Balaban J connectivity index is 1.50. The molecule has 0 radical (unpaired) electrons. The largest absolute Gasteiger partial charge is 0.485 e. The van der Waals surface area contributed by atoms with Crippen LogP contribution in [0.4, 0.5) is 0 Å². The van der Waals surface area contributed by atoms with Crippen molar-refractivity contribution in [3.05, 3.63) is 107 Å². The van der Waals surface area contributed by atoms with Gasteiger partial charge in [0.1, 0.15) is 18.2 Å². The SMILES string of the molecule is Clc1ccc(Cn2c(COc3cccc4ccccc34)nc3ccccc32)cc1. The Hall–Kier alpha value is -3.30. The monoisotopic (exact) mass is 398 g/mol. The van der Waals surface area contributed by atoms with Gasteiger partial charge in [-0.05, 0) is 41.3 Å². The predicted octanol–water partition coefficient (Wildman–Crippen LogP) is 6.47. The second kappa shape index (κ2) is 7.61. The smallest absolute Gasteiger partial charge is 0.148 e. The number of aromatic nitrogens is 2. The fourth-order valence-electron chi connectivity index (χ4n) is 3.65. The fraction of sp³-hybridized carbons (Fsp3) is 0.0800. The molecule has 4 aromatic carbocycles. The summed E-state index contributed by atoms with van der Waals surface area (Å²) in [7, 11) is 0. The van der Waals surface area contributed by atoms with E-state index in [-0.39, 0.29) is 0 Å². The van der Waals surface area contributed by atoms with E-state index in [1.165, 1.54) is 10.9 Å². The first-order valence-corrected chi connectivity index (χ1v) is 9.95. The highest BCUT2D eigenvalue weighted by atomic mass is 35.5. The highest BCUT2D eigenvalue weighted by Gasteiger charge is 2.12. The Kier molecular flexibility index (Phi) is 4.66. The van der Waals surface area contributed by atoms with E-state index in [2.05, 4.69) is 28.8 Å². The number of fused-ring (bicyclic) bond motifs is 2. The van der Waals surface area contributed by atoms with Crippen molar-refractivity contribution in [2.75, 3.05) is 0 Å². The Morgan fingerprint density at radius 1 is 0.793 bits per heavy atom. The molecule has 0 saturated heterocycles. The van der Waals surface area contributed by atoms with Gasteiger partial charge >= 0.3 is 0 Å². The van der Waals surface area contributed by atoms with Crippen LogP contribution in [0.3, 0.4) is 0 Å². The molecule has 4 heteroatoms. The average molecular weight is 399 g/mol. The third-order valence-corrected chi connectivity index (χ3v) is 5.35. The minimum absolute atomic E-state index is 0.399. The molecule has 1 heterocycles. The van der Waals surface area contributed by atoms with Crippen LogP contribution in [0, 0.1) is 0 Å². The molecule has 0 unspecified atom stereocenters. The normalized spacial score (nSPS) is 11.2. The van der Waals surface area contributed by atoms with Gasteiger partial charge in [-0.2, -0.15) is 0 Å². The van der Waals surface area contributed by atoms with Crippen LogP contribution in [-0.4, -0.2) is 9.55 Å². The lowest BCUT2D eigenvalue weighted by atomic mass is 10.1. The molecule has 0 spiro atoms. The standard InChI is InChI=1S/C25H19ClN2O/c26-20-14-12-18(13-15-20)16-28-23-10-4-3-9-22(23)27-25(28)17-29-24-11-5-7-19-6-1-2-8-21(19)24/h1-15H,16-17H2. The summed E-state index contributed by atoms with van der Waals surface area (Å²) >= 11 is 6.05. The molecule has 29 heavy (non-hydrogen) atoms. The van der Waals surface area contributed by atoms with Gasteiger partial charge in [-0.3, -0.25) is 0 Å². The summed E-state index contributed by atoms with van der Waals surface area (Å²) in [6, 6.07) is 30.5. The van der Waals surface area contributed by atoms with Crippen LogP contribution >= 0.6 is 11.6 Å². The molecule has 0 saturated carbocycles. The van der Waals surface area contributed by atoms with Gasteiger partial charge in [-0.15, -0.1) is 0 Å². The lowest BCUT2D eigenvalue weighted by Crippen LogP contribution is -2.08. The molecule has 0 N–H and O–H groups in total. The van der Waals surface area contributed by atoms with E-state index < -0.39 is 0 Å². The van der Waals surface area contributed by atoms with E-state index in [9.17, 15) is 0 Å². The van der Waals surface area contributed by atoms with Crippen molar-refractivity contribution in [2.45, 2.75) is 13.2 Å². The molecular weight excluding hydrogens is 380 g/mol. The van der Waals surface area contributed by atoms with Gasteiger partial charge in [0, 0.05) is 17.0 Å². The first-order valence-electron chi connectivity index (χ1n) is 9.57. The molecule has 1 aromatic heterocycles. The zero-order chi connectivity index (χ0) is 19.6. The number of hydrogen-bond acceptors (Lipinski definition) is 2. The second-order valence-electron chi connectivity index (χ2n) is 7.00. The average Bonchev–Trinajstić information content (AvgIpc) is 3.11. The third-order valence-electron chi connectivity index (χ3n) is 5.09. The van der Waals surface area contributed by atoms with E-state index >= 15 is 0 Å². The number of rotatable bonds is 5. The summed E-state index contributed by atoms with van der Waals surface area (Å²) in [5, 5.41) is 3.01. The molecular formula is C25H19ClN2O. The maximum absolute atomic E-state index is 6.23. The Labute approximate surface area is 174 Å². The van der Waals surface area contributed by atoms with Crippen LogP contribution in [0.2, 0.25) is 5.02 Å². The van der Waals surface area contributed by atoms with E-state index in [0.29, 0.717) is 13.2 Å². The first-order chi connectivity index (χ1) is 14.3. The van der Waals surface area contributed by atoms with Crippen LogP contribution in [-0.2, 0) is 13.2 Å². The summed E-state index contributed by atoms with van der Waals surface area (Å²) in [6.07, 6.45) is 0. The van der Waals surface area contributed by atoms with Crippen molar-refractivity contribution in [1.82, 2.24) is 9.55 Å². The van der Waals surface area contributed by atoms with Gasteiger partial charge in [-0.25, -0.2) is 4.98 Å². The number of halogens is 1. The quantitative estimate of drug-likeness (QED) is 0.339. The fourth-order valence-corrected chi connectivity index (χ4v) is 3.77. The molecule has 5 aromatic rings. The Morgan fingerprint density at radius 3 is 2.45 bits per heavy atom. The van der Waals surface area contributed by atoms with Crippen LogP contribution in [0.25, 0.3) is 21.8 Å². The summed E-state index contributed by atoms with van der Waals surface area (Å²) in [5.74, 6) is 1.77. The highest BCUT2D eigenvalue weighted by molar-refractivity contribution is 6.30. The zero-order valence-electron chi connectivity index (χ0n) is 15.8. The topological polar surface area (TPSA) is 27.1 Å². The molecule has 0 aliphatic carbocycles. The van der Waals surface area contributed by atoms with Gasteiger partial charge in [0.05, 0.1) is 11.0 Å². The number of ether oxygens (including phenoxy) is 1. The van der Waals surface area contributed by atoms with Crippen molar-refractivity contribution in [3.63, 3.8) is 0 Å². The lowest BCUT2D eigenvalue weighted by Gasteiger charge is -2.12.